The van der Waals surface area contributed by atoms with Gasteiger partial charge < -0.3 is 4.74 Å². The lowest BCUT2D eigenvalue weighted by atomic mass is 10.2. The molecule has 0 saturated heterocycles. The van der Waals surface area contributed by atoms with Crippen LogP contribution < -0.4 is 4.74 Å². The van der Waals surface area contributed by atoms with Crippen LogP contribution in [0.4, 0.5) is 0 Å². The highest BCUT2D eigenvalue weighted by atomic mass is 32.2. The van der Waals surface area contributed by atoms with Gasteiger partial charge in [0.15, 0.2) is 5.82 Å². The van der Waals surface area contributed by atoms with Crippen LogP contribution in [-0.4, -0.2) is 21.1 Å². The number of nitrogens with zero attached hydrogens (tertiary/aromatic N) is 4. The molecular weight excluding hydrogens is 452 g/mol. The molecule has 0 saturated carbocycles. The van der Waals surface area contributed by atoms with Crippen molar-refractivity contribution in [3.05, 3.63) is 132 Å². The van der Waals surface area contributed by atoms with E-state index in [1.165, 1.54) is 5.56 Å². The van der Waals surface area contributed by atoms with Crippen molar-refractivity contribution >= 4 is 18.0 Å². The summed E-state index contributed by atoms with van der Waals surface area (Å²) < 4.78 is 7.70. The summed E-state index contributed by atoms with van der Waals surface area (Å²) in [6.07, 6.45) is 1.82. The maximum absolute atomic E-state index is 5.89. The predicted octanol–water partition coefficient (Wildman–Crippen LogP) is 6.70. The van der Waals surface area contributed by atoms with Gasteiger partial charge in [-0.3, -0.25) is 0 Å². The molecule has 0 fully saturated rings. The standard InChI is InChI=1S/C29H24N4OS/c1-4-10-24(11-5-1)21-34-27-18-16-23(17-19-27)20-30-33-28(26-14-8-3-9-15-26)31-32-29(33)35-22-25-12-6-2-7-13-25/h1-20H,21-22H2. The second kappa shape index (κ2) is 11.3. The summed E-state index contributed by atoms with van der Waals surface area (Å²) in [5, 5.41) is 14.4. The fraction of sp³-hybridized carbons (Fsp3) is 0.0690. The van der Waals surface area contributed by atoms with Crippen molar-refractivity contribution in [2.45, 2.75) is 17.5 Å². The molecule has 0 aliphatic rings. The fourth-order valence-electron chi connectivity index (χ4n) is 3.46. The lowest BCUT2D eigenvalue weighted by Crippen LogP contribution is -1.98. The molecule has 5 rings (SSSR count). The van der Waals surface area contributed by atoms with E-state index in [2.05, 4.69) is 34.5 Å². The van der Waals surface area contributed by atoms with E-state index in [1.54, 1.807) is 11.8 Å². The van der Waals surface area contributed by atoms with Gasteiger partial charge in [-0.2, -0.15) is 9.78 Å². The van der Waals surface area contributed by atoms with Crippen molar-refractivity contribution in [3.8, 4) is 17.1 Å². The van der Waals surface area contributed by atoms with Crippen LogP contribution in [0.15, 0.2) is 126 Å². The molecule has 0 aliphatic heterocycles. The first-order chi connectivity index (χ1) is 17.3. The number of thioether (sulfide) groups is 1. The quantitative estimate of drug-likeness (QED) is 0.175. The average molecular weight is 477 g/mol. The van der Waals surface area contributed by atoms with Gasteiger partial charge in [0.1, 0.15) is 12.4 Å². The van der Waals surface area contributed by atoms with Crippen LogP contribution in [0, 0.1) is 0 Å². The molecule has 1 aromatic heterocycles. The molecule has 35 heavy (non-hydrogen) atoms. The van der Waals surface area contributed by atoms with E-state index < -0.39 is 0 Å². The Morgan fingerprint density at radius 1 is 0.714 bits per heavy atom. The number of hydrogen-bond acceptors (Lipinski definition) is 5. The minimum Gasteiger partial charge on any atom is -0.489 e. The van der Waals surface area contributed by atoms with Crippen molar-refractivity contribution in [1.82, 2.24) is 14.9 Å². The molecule has 0 aliphatic carbocycles. The lowest BCUT2D eigenvalue weighted by Gasteiger charge is -2.07. The number of aromatic nitrogens is 3. The van der Waals surface area contributed by atoms with Crippen LogP contribution in [0.5, 0.6) is 5.75 Å². The van der Waals surface area contributed by atoms with E-state index in [0.717, 1.165) is 33.3 Å². The second-order valence-corrected chi connectivity index (χ2v) is 8.79. The summed E-state index contributed by atoms with van der Waals surface area (Å²) in [7, 11) is 0. The number of ether oxygens (including phenoxy) is 1. The van der Waals surface area contributed by atoms with E-state index >= 15 is 0 Å². The molecule has 0 amide bonds. The minimum atomic E-state index is 0.539. The Morgan fingerprint density at radius 3 is 2.03 bits per heavy atom. The molecule has 6 heteroatoms. The van der Waals surface area contributed by atoms with Gasteiger partial charge in [0.05, 0.1) is 6.21 Å². The summed E-state index contributed by atoms with van der Waals surface area (Å²) in [6, 6.07) is 38.4. The Morgan fingerprint density at radius 2 is 1.34 bits per heavy atom. The second-order valence-electron chi connectivity index (χ2n) is 7.85. The monoisotopic (exact) mass is 476 g/mol. The first kappa shape index (κ1) is 22.6. The molecule has 0 atom stereocenters. The van der Waals surface area contributed by atoms with Crippen LogP contribution in [0.2, 0.25) is 0 Å². The Kier molecular flexibility index (Phi) is 7.31. The van der Waals surface area contributed by atoms with E-state index in [9.17, 15) is 0 Å². The molecule has 0 spiro atoms. The topological polar surface area (TPSA) is 52.3 Å². The van der Waals surface area contributed by atoms with Gasteiger partial charge in [0.2, 0.25) is 5.16 Å². The first-order valence-electron chi connectivity index (χ1n) is 11.3. The third-order valence-electron chi connectivity index (χ3n) is 5.31. The van der Waals surface area contributed by atoms with Crippen molar-refractivity contribution in [1.29, 1.82) is 0 Å². The predicted molar refractivity (Wildman–Crippen MR) is 142 cm³/mol. The van der Waals surface area contributed by atoms with E-state index in [4.69, 9.17) is 9.84 Å². The number of benzene rings is 4. The van der Waals surface area contributed by atoms with Gasteiger partial charge in [-0.1, -0.05) is 103 Å². The highest BCUT2D eigenvalue weighted by Gasteiger charge is 2.14. The normalized spacial score (nSPS) is 11.1. The molecule has 0 radical (unpaired) electrons. The molecule has 5 aromatic rings. The zero-order chi connectivity index (χ0) is 23.7. The van der Waals surface area contributed by atoms with Gasteiger partial charge in [0, 0.05) is 11.3 Å². The van der Waals surface area contributed by atoms with Crippen molar-refractivity contribution < 1.29 is 4.74 Å². The third kappa shape index (κ3) is 6.05. The van der Waals surface area contributed by atoms with Crippen LogP contribution >= 0.6 is 11.8 Å². The van der Waals surface area contributed by atoms with Crippen molar-refractivity contribution in [2.75, 3.05) is 0 Å². The summed E-state index contributed by atoms with van der Waals surface area (Å²) in [4.78, 5) is 0. The molecule has 1 heterocycles. The minimum absolute atomic E-state index is 0.539. The van der Waals surface area contributed by atoms with Crippen molar-refractivity contribution in [2.24, 2.45) is 5.10 Å². The highest BCUT2D eigenvalue weighted by molar-refractivity contribution is 7.98. The summed E-state index contributed by atoms with van der Waals surface area (Å²) in [6.45, 7) is 0.539. The Bertz CT molecular complexity index is 1370. The smallest absolute Gasteiger partial charge is 0.212 e. The zero-order valence-electron chi connectivity index (χ0n) is 19.1. The van der Waals surface area contributed by atoms with E-state index in [-0.39, 0.29) is 0 Å². The van der Waals surface area contributed by atoms with Gasteiger partial charge in [-0.05, 0) is 41.0 Å². The summed E-state index contributed by atoms with van der Waals surface area (Å²) in [5.41, 5.74) is 4.29. The van der Waals surface area contributed by atoms with Crippen molar-refractivity contribution in [3.63, 3.8) is 0 Å². The summed E-state index contributed by atoms with van der Waals surface area (Å²) in [5.74, 6) is 2.32. The molecular formula is C29H24N4OS. The highest BCUT2D eigenvalue weighted by Crippen LogP contribution is 2.26. The average Bonchev–Trinajstić information content (AvgIpc) is 3.34. The molecule has 5 nitrogen and oxygen atoms in total. The van der Waals surface area contributed by atoms with Gasteiger partial charge in [-0.25, -0.2) is 0 Å². The maximum atomic E-state index is 5.89. The largest absolute Gasteiger partial charge is 0.489 e. The van der Waals surface area contributed by atoms with Gasteiger partial charge >= 0.3 is 0 Å². The molecule has 172 valence electrons. The molecule has 0 bridgehead atoms. The van der Waals surface area contributed by atoms with Gasteiger partial charge in [0.25, 0.3) is 0 Å². The van der Waals surface area contributed by atoms with Crippen LogP contribution in [-0.2, 0) is 12.4 Å². The number of hydrogen-bond donors (Lipinski definition) is 0. The zero-order valence-corrected chi connectivity index (χ0v) is 19.9. The first-order valence-corrected chi connectivity index (χ1v) is 12.3. The van der Waals surface area contributed by atoms with Crippen LogP contribution in [0.1, 0.15) is 16.7 Å². The number of rotatable bonds is 9. The van der Waals surface area contributed by atoms with Crippen LogP contribution in [0.3, 0.4) is 0 Å². The molecule has 0 N–H and O–H groups in total. The SMILES string of the molecule is C(=Nn1c(SCc2ccccc2)nnc1-c1ccccc1)c1ccc(OCc2ccccc2)cc1. The Hall–Kier alpha value is -4.16. The van der Waals surface area contributed by atoms with Crippen LogP contribution in [0.25, 0.3) is 11.4 Å². The Balaban J connectivity index is 1.33. The molecule has 0 unspecified atom stereocenters. The Labute approximate surface area is 209 Å². The van der Waals surface area contributed by atoms with Gasteiger partial charge in [-0.15, -0.1) is 10.2 Å². The third-order valence-corrected chi connectivity index (χ3v) is 6.30. The molecule has 4 aromatic carbocycles. The van der Waals surface area contributed by atoms with E-state index in [1.807, 2.05) is 102 Å². The summed E-state index contributed by atoms with van der Waals surface area (Å²) >= 11 is 1.61. The maximum Gasteiger partial charge on any atom is 0.212 e. The van der Waals surface area contributed by atoms with E-state index in [0.29, 0.717) is 12.4 Å². The lowest BCUT2D eigenvalue weighted by molar-refractivity contribution is 0.306. The fourth-order valence-corrected chi connectivity index (χ4v) is 4.31.